The number of allylic oxidation sites excluding steroid dienone is 8. The topological polar surface area (TPSA) is 92.7 Å². The van der Waals surface area contributed by atoms with E-state index in [-0.39, 0.29) is 24.5 Å². The van der Waals surface area contributed by atoms with Gasteiger partial charge < -0.3 is 15.2 Å². The Bertz CT molecular complexity index is 922. The van der Waals surface area contributed by atoms with Gasteiger partial charge in [0.2, 0.25) is 5.91 Å². The highest BCUT2D eigenvalue weighted by Crippen LogP contribution is 2.18. The summed E-state index contributed by atoms with van der Waals surface area (Å²) in [5.74, 6) is -1.26. The molecular formula is C45H79NO5. The van der Waals surface area contributed by atoms with Gasteiger partial charge in [-0.2, -0.15) is 0 Å². The van der Waals surface area contributed by atoms with E-state index in [1.165, 1.54) is 83.5 Å². The molecule has 294 valence electrons. The lowest BCUT2D eigenvalue weighted by Crippen LogP contribution is -2.28. The number of hydrogen-bond donors (Lipinski definition) is 2. The van der Waals surface area contributed by atoms with Crippen LogP contribution in [0.4, 0.5) is 0 Å². The van der Waals surface area contributed by atoms with Gasteiger partial charge in [0.1, 0.15) is 12.6 Å². The van der Waals surface area contributed by atoms with Crippen molar-refractivity contribution in [2.45, 2.75) is 213 Å². The van der Waals surface area contributed by atoms with Gasteiger partial charge in [-0.1, -0.05) is 146 Å². The van der Waals surface area contributed by atoms with Gasteiger partial charge in [-0.15, -0.1) is 0 Å². The Kier molecular flexibility index (Phi) is 38.1. The lowest BCUT2D eigenvalue weighted by atomic mass is 10.0. The minimum absolute atomic E-state index is 0.00442. The lowest BCUT2D eigenvalue weighted by molar-refractivity contribution is -0.150. The molecule has 0 heterocycles. The Morgan fingerprint density at radius 1 is 0.510 bits per heavy atom. The third-order valence-electron chi connectivity index (χ3n) is 9.22. The van der Waals surface area contributed by atoms with Crippen molar-refractivity contribution in [1.29, 1.82) is 0 Å². The Balaban J connectivity index is 4.28. The number of rotatable bonds is 38. The smallest absolute Gasteiger partial charge is 0.322 e. The van der Waals surface area contributed by atoms with Crippen LogP contribution in [0.5, 0.6) is 0 Å². The SMILES string of the molecule is CCCC/C=C\C/C=C\CCCCCCCC(=O)OC(CCCCC/C=C\C/C=C\CCCCCCC)CCCCCCCC(=O)NCC(=O)O. The van der Waals surface area contributed by atoms with Crippen molar-refractivity contribution < 1.29 is 24.2 Å². The molecule has 0 fully saturated rings. The molecule has 51 heavy (non-hydrogen) atoms. The monoisotopic (exact) mass is 714 g/mol. The van der Waals surface area contributed by atoms with Crippen molar-refractivity contribution in [3.05, 3.63) is 48.6 Å². The number of carboxylic acid groups (broad SMARTS) is 1. The van der Waals surface area contributed by atoms with Crippen LogP contribution in [0.15, 0.2) is 48.6 Å². The molecule has 1 atom stereocenters. The average Bonchev–Trinajstić information content (AvgIpc) is 3.11. The molecule has 0 aliphatic carbocycles. The molecule has 0 saturated heterocycles. The summed E-state index contributed by atoms with van der Waals surface area (Å²) in [5.41, 5.74) is 0. The van der Waals surface area contributed by atoms with Crippen molar-refractivity contribution in [2.24, 2.45) is 0 Å². The highest BCUT2D eigenvalue weighted by atomic mass is 16.5. The molecular weight excluding hydrogens is 634 g/mol. The Hall–Kier alpha value is -2.63. The molecule has 0 aromatic carbocycles. The minimum atomic E-state index is -1.02. The van der Waals surface area contributed by atoms with Crippen LogP contribution >= 0.6 is 0 Å². The first-order chi connectivity index (χ1) is 25.0. The third-order valence-corrected chi connectivity index (χ3v) is 9.22. The number of esters is 1. The lowest BCUT2D eigenvalue weighted by Gasteiger charge is -2.18. The van der Waals surface area contributed by atoms with E-state index in [9.17, 15) is 14.4 Å². The number of nitrogens with one attached hydrogen (secondary N) is 1. The van der Waals surface area contributed by atoms with E-state index in [2.05, 4.69) is 67.8 Å². The van der Waals surface area contributed by atoms with Crippen molar-refractivity contribution in [3.8, 4) is 0 Å². The standard InChI is InChI=1S/C45H79NO5/c1-3-5-7-9-11-13-15-17-19-20-22-24-26-29-33-37-42(38-34-30-28-31-35-39-43(47)46-41-44(48)49)51-45(50)40-36-32-27-25-23-21-18-16-14-12-10-8-6-4-2/h10,12,15-18,20,22,42H,3-9,11,13-14,19,21,23-41H2,1-2H3,(H,46,47)(H,48,49)/b12-10-,17-15-,18-16-,22-20-. The second-order valence-corrected chi connectivity index (χ2v) is 14.2. The second-order valence-electron chi connectivity index (χ2n) is 14.2. The van der Waals surface area contributed by atoms with Crippen molar-refractivity contribution in [2.75, 3.05) is 6.54 Å². The molecule has 0 saturated carbocycles. The number of carboxylic acids is 1. The van der Waals surface area contributed by atoms with Crippen molar-refractivity contribution >= 4 is 17.8 Å². The zero-order chi connectivity index (χ0) is 37.3. The molecule has 6 heteroatoms. The fraction of sp³-hybridized carbons (Fsp3) is 0.756. The van der Waals surface area contributed by atoms with Gasteiger partial charge >= 0.3 is 11.9 Å². The van der Waals surface area contributed by atoms with E-state index in [1.807, 2.05) is 0 Å². The molecule has 0 aromatic rings. The van der Waals surface area contributed by atoms with Crippen molar-refractivity contribution in [3.63, 3.8) is 0 Å². The number of amides is 1. The minimum Gasteiger partial charge on any atom is -0.480 e. The summed E-state index contributed by atoms with van der Waals surface area (Å²) in [4.78, 5) is 35.0. The number of carbonyl (C=O) groups is 3. The molecule has 0 spiro atoms. The van der Waals surface area contributed by atoms with Crippen LogP contribution in [-0.2, 0) is 19.1 Å². The molecule has 0 aromatic heterocycles. The molecule has 0 aliphatic rings. The summed E-state index contributed by atoms with van der Waals surface area (Å²) in [6.07, 6.45) is 50.8. The van der Waals surface area contributed by atoms with Crippen LogP contribution in [0, 0.1) is 0 Å². The van der Waals surface area contributed by atoms with Crippen LogP contribution < -0.4 is 5.32 Å². The molecule has 6 nitrogen and oxygen atoms in total. The highest BCUT2D eigenvalue weighted by molar-refractivity contribution is 5.80. The summed E-state index contributed by atoms with van der Waals surface area (Å²) in [6.45, 7) is 4.17. The largest absolute Gasteiger partial charge is 0.480 e. The van der Waals surface area contributed by atoms with E-state index in [1.54, 1.807) is 0 Å². The van der Waals surface area contributed by atoms with E-state index in [0.29, 0.717) is 12.8 Å². The van der Waals surface area contributed by atoms with Crippen molar-refractivity contribution in [1.82, 2.24) is 5.32 Å². The first kappa shape index (κ1) is 48.4. The molecule has 0 radical (unpaired) electrons. The number of ether oxygens (including phenoxy) is 1. The van der Waals surface area contributed by atoms with E-state index < -0.39 is 5.97 Å². The maximum Gasteiger partial charge on any atom is 0.322 e. The molecule has 1 amide bonds. The molecule has 0 aliphatic heterocycles. The summed E-state index contributed by atoms with van der Waals surface area (Å²) in [5, 5.41) is 11.1. The van der Waals surface area contributed by atoms with Crippen LogP contribution in [0.25, 0.3) is 0 Å². The normalized spacial score (nSPS) is 12.5. The van der Waals surface area contributed by atoms with Crippen LogP contribution in [0.2, 0.25) is 0 Å². The van der Waals surface area contributed by atoms with Gasteiger partial charge in [-0.3, -0.25) is 14.4 Å². The Labute approximate surface area is 314 Å². The van der Waals surface area contributed by atoms with Gasteiger partial charge in [0.05, 0.1) is 0 Å². The Morgan fingerprint density at radius 2 is 0.922 bits per heavy atom. The third kappa shape index (κ3) is 40.0. The summed E-state index contributed by atoms with van der Waals surface area (Å²) in [6, 6.07) is 0. The Morgan fingerprint density at radius 3 is 1.43 bits per heavy atom. The quantitative estimate of drug-likeness (QED) is 0.0377. The predicted octanol–water partition coefficient (Wildman–Crippen LogP) is 13.1. The fourth-order valence-electron chi connectivity index (χ4n) is 6.03. The van der Waals surface area contributed by atoms with Crippen LogP contribution in [0.1, 0.15) is 206 Å². The summed E-state index contributed by atoms with van der Waals surface area (Å²) >= 11 is 0. The molecule has 0 rings (SSSR count). The van der Waals surface area contributed by atoms with E-state index >= 15 is 0 Å². The fourth-order valence-corrected chi connectivity index (χ4v) is 6.03. The van der Waals surface area contributed by atoms with Gasteiger partial charge in [0.25, 0.3) is 0 Å². The average molecular weight is 714 g/mol. The molecule has 2 N–H and O–H groups in total. The molecule has 1 unspecified atom stereocenters. The van der Waals surface area contributed by atoms with E-state index in [4.69, 9.17) is 9.84 Å². The maximum absolute atomic E-state index is 12.7. The number of hydrogen-bond acceptors (Lipinski definition) is 4. The maximum atomic E-state index is 12.7. The number of unbranched alkanes of at least 4 members (excludes halogenated alkanes) is 19. The van der Waals surface area contributed by atoms with Gasteiger partial charge in [-0.25, -0.2) is 0 Å². The summed E-state index contributed by atoms with van der Waals surface area (Å²) in [7, 11) is 0. The zero-order valence-electron chi connectivity index (χ0n) is 33.2. The highest BCUT2D eigenvalue weighted by Gasteiger charge is 2.14. The molecule has 0 bridgehead atoms. The first-order valence-electron chi connectivity index (χ1n) is 21.3. The van der Waals surface area contributed by atoms with Gasteiger partial charge in [0.15, 0.2) is 0 Å². The van der Waals surface area contributed by atoms with Gasteiger partial charge in [0, 0.05) is 12.8 Å². The van der Waals surface area contributed by atoms with Crippen LogP contribution in [0.3, 0.4) is 0 Å². The zero-order valence-corrected chi connectivity index (χ0v) is 33.2. The second kappa shape index (κ2) is 40.1. The first-order valence-corrected chi connectivity index (χ1v) is 21.3. The predicted molar refractivity (Wildman–Crippen MR) is 217 cm³/mol. The van der Waals surface area contributed by atoms with E-state index in [0.717, 1.165) is 96.3 Å². The van der Waals surface area contributed by atoms with Gasteiger partial charge in [-0.05, 0) is 96.3 Å². The number of carbonyl (C=O) groups excluding carboxylic acids is 2. The van der Waals surface area contributed by atoms with Crippen LogP contribution in [-0.4, -0.2) is 35.6 Å². The number of aliphatic carboxylic acids is 1. The summed E-state index contributed by atoms with van der Waals surface area (Å²) < 4.78 is 6.01.